The van der Waals surface area contributed by atoms with Crippen LogP contribution in [0.4, 0.5) is 11.4 Å². The van der Waals surface area contributed by atoms with Crippen LogP contribution in [-0.2, 0) is 9.59 Å². The number of ether oxygens (including phenoxy) is 1. The molecule has 6 heteroatoms. The summed E-state index contributed by atoms with van der Waals surface area (Å²) in [6, 6.07) is 13.8. The van der Waals surface area contributed by atoms with Gasteiger partial charge in [0.25, 0.3) is 0 Å². The van der Waals surface area contributed by atoms with Gasteiger partial charge in [-0.15, -0.1) is 11.6 Å². The zero-order valence-corrected chi connectivity index (χ0v) is 13.6. The van der Waals surface area contributed by atoms with E-state index in [1.165, 1.54) is 6.92 Å². The average molecular weight is 333 g/mol. The Labute approximate surface area is 139 Å². The summed E-state index contributed by atoms with van der Waals surface area (Å²) in [6.07, 6.45) is 0. The molecule has 2 aromatic rings. The Morgan fingerprint density at radius 3 is 1.96 bits per heavy atom. The summed E-state index contributed by atoms with van der Waals surface area (Å²) >= 11 is 6.19. The number of carbonyl (C=O) groups is 2. The lowest BCUT2D eigenvalue weighted by atomic mass is 10.1. The predicted octanol–water partition coefficient (Wildman–Crippen LogP) is 3.57. The number of hydrogen-bond acceptors (Lipinski definition) is 3. The van der Waals surface area contributed by atoms with Gasteiger partial charge in [0.15, 0.2) is 0 Å². The van der Waals surface area contributed by atoms with Gasteiger partial charge in [0.1, 0.15) is 11.1 Å². The SMILES string of the molecule is COc1ccc(C(Cl)C(=O)Nc2ccc(NC(C)=O)cc2)cc1. The number of hydrogen-bond donors (Lipinski definition) is 2. The zero-order valence-electron chi connectivity index (χ0n) is 12.8. The van der Waals surface area contributed by atoms with E-state index in [4.69, 9.17) is 16.3 Å². The molecular weight excluding hydrogens is 316 g/mol. The highest BCUT2D eigenvalue weighted by atomic mass is 35.5. The Balaban J connectivity index is 2.01. The first-order chi connectivity index (χ1) is 11.0. The molecule has 2 N–H and O–H groups in total. The number of alkyl halides is 1. The topological polar surface area (TPSA) is 67.4 Å². The second-order valence-electron chi connectivity index (χ2n) is 4.88. The van der Waals surface area contributed by atoms with Crippen LogP contribution in [0.5, 0.6) is 5.75 Å². The van der Waals surface area contributed by atoms with Crippen molar-refractivity contribution in [2.75, 3.05) is 17.7 Å². The van der Waals surface area contributed by atoms with Gasteiger partial charge in [-0.1, -0.05) is 12.1 Å². The second-order valence-corrected chi connectivity index (χ2v) is 5.32. The molecule has 0 aliphatic rings. The van der Waals surface area contributed by atoms with Crippen molar-refractivity contribution >= 4 is 34.8 Å². The lowest BCUT2D eigenvalue weighted by Crippen LogP contribution is -2.17. The molecule has 0 aliphatic carbocycles. The van der Waals surface area contributed by atoms with E-state index in [0.29, 0.717) is 22.7 Å². The van der Waals surface area contributed by atoms with Crippen molar-refractivity contribution in [3.8, 4) is 5.75 Å². The normalized spacial score (nSPS) is 11.4. The van der Waals surface area contributed by atoms with Crippen molar-refractivity contribution in [3.63, 3.8) is 0 Å². The molecule has 5 nitrogen and oxygen atoms in total. The molecular formula is C17H17ClN2O3. The van der Waals surface area contributed by atoms with E-state index in [2.05, 4.69) is 10.6 Å². The highest BCUT2D eigenvalue weighted by molar-refractivity contribution is 6.32. The number of methoxy groups -OCH3 is 1. The van der Waals surface area contributed by atoms with Gasteiger partial charge in [0, 0.05) is 18.3 Å². The molecule has 1 unspecified atom stereocenters. The predicted molar refractivity (Wildman–Crippen MR) is 91.0 cm³/mol. The molecule has 23 heavy (non-hydrogen) atoms. The number of carbonyl (C=O) groups excluding carboxylic acids is 2. The highest BCUT2D eigenvalue weighted by Crippen LogP contribution is 2.25. The van der Waals surface area contributed by atoms with Crippen LogP contribution in [0.15, 0.2) is 48.5 Å². The minimum Gasteiger partial charge on any atom is -0.497 e. The third-order valence-corrected chi connectivity index (χ3v) is 3.56. The first-order valence-electron chi connectivity index (χ1n) is 6.96. The molecule has 0 radical (unpaired) electrons. The molecule has 0 heterocycles. The van der Waals surface area contributed by atoms with Crippen molar-refractivity contribution in [1.82, 2.24) is 0 Å². The summed E-state index contributed by atoms with van der Waals surface area (Å²) in [4.78, 5) is 23.1. The van der Waals surface area contributed by atoms with Gasteiger partial charge in [0.2, 0.25) is 11.8 Å². The van der Waals surface area contributed by atoms with Gasteiger partial charge in [-0.05, 0) is 42.0 Å². The Hall–Kier alpha value is -2.53. The van der Waals surface area contributed by atoms with E-state index < -0.39 is 5.38 Å². The zero-order chi connectivity index (χ0) is 16.8. The fraction of sp³-hybridized carbons (Fsp3) is 0.176. The first-order valence-corrected chi connectivity index (χ1v) is 7.40. The van der Waals surface area contributed by atoms with E-state index in [-0.39, 0.29) is 11.8 Å². The fourth-order valence-electron chi connectivity index (χ4n) is 1.97. The summed E-state index contributed by atoms with van der Waals surface area (Å²) in [5.74, 6) is 0.220. The molecule has 2 amide bonds. The summed E-state index contributed by atoms with van der Waals surface area (Å²) in [7, 11) is 1.57. The minimum atomic E-state index is -0.809. The molecule has 0 aliphatic heterocycles. The third-order valence-electron chi connectivity index (χ3n) is 3.11. The molecule has 0 bridgehead atoms. The molecule has 0 fully saturated rings. The number of anilines is 2. The smallest absolute Gasteiger partial charge is 0.246 e. The van der Waals surface area contributed by atoms with Crippen molar-refractivity contribution < 1.29 is 14.3 Å². The van der Waals surface area contributed by atoms with Crippen LogP contribution >= 0.6 is 11.6 Å². The van der Waals surface area contributed by atoms with E-state index >= 15 is 0 Å². The van der Waals surface area contributed by atoms with Crippen LogP contribution in [0, 0.1) is 0 Å². The van der Waals surface area contributed by atoms with Gasteiger partial charge < -0.3 is 15.4 Å². The molecule has 0 spiro atoms. The fourth-order valence-corrected chi connectivity index (χ4v) is 2.17. The Morgan fingerprint density at radius 1 is 0.957 bits per heavy atom. The van der Waals surface area contributed by atoms with Crippen molar-refractivity contribution in [2.24, 2.45) is 0 Å². The van der Waals surface area contributed by atoms with Gasteiger partial charge in [-0.3, -0.25) is 9.59 Å². The van der Waals surface area contributed by atoms with Gasteiger partial charge in [-0.2, -0.15) is 0 Å². The molecule has 0 saturated carbocycles. The highest BCUT2D eigenvalue weighted by Gasteiger charge is 2.17. The van der Waals surface area contributed by atoms with Crippen molar-refractivity contribution in [3.05, 3.63) is 54.1 Å². The summed E-state index contributed by atoms with van der Waals surface area (Å²) in [6.45, 7) is 1.43. The summed E-state index contributed by atoms with van der Waals surface area (Å²) in [5.41, 5.74) is 1.94. The first kappa shape index (κ1) is 16.8. The Bertz CT molecular complexity index is 684. The van der Waals surface area contributed by atoms with Crippen LogP contribution < -0.4 is 15.4 Å². The lowest BCUT2D eigenvalue weighted by molar-refractivity contribution is -0.116. The number of nitrogens with one attached hydrogen (secondary N) is 2. The standard InChI is InChI=1S/C17H17ClN2O3/c1-11(21)19-13-5-7-14(8-6-13)20-17(22)16(18)12-3-9-15(23-2)10-4-12/h3-10,16H,1-2H3,(H,19,21)(H,20,22). The van der Waals surface area contributed by atoms with Gasteiger partial charge in [-0.25, -0.2) is 0 Å². The van der Waals surface area contributed by atoms with Crippen molar-refractivity contribution in [1.29, 1.82) is 0 Å². The van der Waals surface area contributed by atoms with Crippen LogP contribution in [0.3, 0.4) is 0 Å². The van der Waals surface area contributed by atoms with E-state index in [0.717, 1.165) is 0 Å². The van der Waals surface area contributed by atoms with Crippen LogP contribution in [0.2, 0.25) is 0 Å². The van der Waals surface area contributed by atoms with Crippen LogP contribution in [0.1, 0.15) is 17.9 Å². The second kappa shape index (κ2) is 7.65. The monoisotopic (exact) mass is 332 g/mol. The quantitative estimate of drug-likeness (QED) is 0.822. The van der Waals surface area contributed by atoms with Gasteiger partial charge >= 0.3 is 0 Å². The third kappa shape index (κ3) is 4.72. The molecule has 0 aromatic heterocycles. The molecule has 2 rings (SSSR count). The number of rotatable bonds is 5. The molecule has 120 valence electrons. The molecule has 0 saturated heterocycles. The Kier molecular flexibility index (Phi) is 5.60. The Morgan fingerprint density at radius 2 is 1.48 bits per heavy atom. The van der Waals surface area contributed by atoms with Gasteiger partial charge in [0.05, 0.1) is 7.11 Å². The van der Waals surface area contributed by atoms with E-state index in [9.17, 15) is 9.59 Å². The van der Waals surface area contributed by atoms with Crippen LogP contribution in [-0.4, -0.2) is 18.9 Å². The number of benzene rings is 2. The minimum absolute atomic E-state index is 0.151. The van der Waals surface area contributed by atoms with Crippen LogP contribution in [0.25, 0.3) is 0 Å². The molecule has 2 aromatic carbocycles. The maximum Gasteiger partial charge on any atom is 0.246 e. The van der Waals surface area contributed by atoms with Crippen molar-refractivity contribution in [2.45, 2.75) is 12.3 Å². The molecule has 1 atom stereocenters. The lowest BCUT2D eigenvalue weighted by Gasteiger charge is -2.12. The number of halogens is 1. The maximum absolute atomic E-state index is 12.2. The average Bonchev–Trinajstić information content (AvgIpc) is 2.55. The van der Waals surface area contributed by atoms with E-state index in [1.807, 2.05) is 0 Å². The summed E-state index contributed by atoms with van der Waals surface area (Å²) < 4.78 is 5.07. The number of amides is 2. The maximum atomic E-state index is 12.2. The summed E-state index contributed by atoms with van der Waals surface area (Å²) in [5, 5.41) is 4.58. The van der Waals surface area contributed by atoms with E-state index in [1.54, 1.807) is 55.6 Å². The largest absolute Gasteiger partial charge is 0.497 e.